The molecule has 1 amide bonds. The van der Waals surface area contributed by atoms with E-state index in [1.165, 1.54) is 25.0 Å². The molecule has 126 valence electrons. The SMILES string of the molecule is O=C(CCOc1cccc(F)c1)Nc1ccccc1N1CCCC1. The highest BCUT2D eigenvalue weighted by atomic mass is 19.1. The summed E-state index contributed by atoms with van der Waals surface area (Å²) in [6.07, 6.45) is 2.58. The second kappa shape index (κ2) is 7.81. The molecule has 0 saturated carbocycles. The van der Waals surface area contributed by atoms with E-state index in [-0.39, 0.29) is 24.8 Å². The van der Waals surface area contributed by atoms with Crippen LogP contribution in [0.5, 0.6) is 5.75 Å². The van der Waals surface area contributed by atoms with Crippen LogP contribution in [-0.4, -0.2) is 25.6 Å². The van der Waals surface area contributed by atoms with Crippen molar-refractivity contribution in [2.75, 3.05) is 29.9 Å². The van der Waals surface area contributed by atoms with Gasteiger partial charge in [-0.2, -0.15) is 0 Å². The Morgan fingerprint density at radius 1 is 1.12 bits per heavy atom. The highest BCUT2D eigenvalue weighted by Crippen LogP contribution is 2.28. The zero-order chi connectivity index (χ0) is 16.8. The van der Waals surface area contributed by atoms with Gasteiger partial charge >= 0.3 is 0 Å². The third-order valence-corrected chi connectivity index (χ3v) is 4.02. The number of nitrogens with zero attached hydrogens (tertiary/aromatic N) is 1. The lowest BCUT2D eigenvalue weighted by atomic mass is 10.2. The molecule has 1 aliphatic rings. The van der Waals surface area contributed by atoms with Crippen LogP contribution in [0.2, 0.25) is 0 Å². The Labute approximate surface area is 141 Å². The molecule has 0 spiro atoms. The van der Waals surface area contributed by atoms with Crippen LogP contribution in [0, 0.1) is 5.82 Å². The standard InChI is InChI=1S/C19H21FN2O2/c20-15-6-5-7-16(14-15)24-13-10-19(23)21-17-8-1-2-9-18(17)22-11-3-4-12-22/h1-2,5-9,14H,3-4,10-13H2,(H,21,23). The van der Waals surface area contributed by atoms with Crippen molar-refractivity contribution < 1.29 is 13.9 Å². The van der Waals surface area contributed by atoms with Gasteiger partial charge in [0, 0.05) is 19.2 Å². The largest absolute Gasteiger partial charge is 0.493 e. The van der Waals surface area contributed by atoms with Gasteiger partial charge in [0.15, 0.2) is 0 Å². The number of amides is 1. The number of benzene rings is 2. The minimum Gasteiger partial charge on any atom is -0.493 e. The quantitative estimate of drug-likeness (QED) is 0.876. The minimum absolute atomic E-state index is 0.113. The average molecular weight is 328 g/mol. The summed E-state index contributed by atoms with van der Waals surface area (Å²) in [7, 11) is 0. The lowest BCUT2D eigenvalue weighted by Crippen LogP contribution is -2.21. The summed E-state index contributed by atoms with van der Waals surface area (Å²) in [5.74, 6) is -0.0326. The van der Waals surface area contributed by atoms with Gasteiger partial charge in [-0.1, -0.05) is 18.2 Å². The van der Waals surface area contributed by atoms with Crippen molar-refractivity contribution in [1.29, 1.82) is 0 Å². The summed E-state index contributed by atoms with van der Waals surface area (Å²) in [6.45, 7) is 2.26. The molecule has 0 unspecified atom stereocenters. The van der Waals surface area contributed by atoms with Crippen LogP contribution in [0.4, 0.5) is 15.8 Å². The van der Waals surface area contributed by atoms with Gasteiger partial charge in [0.1, 0.15) is 11.6 Å². The maximum Gasteiger partial charge on any atom is 0.227 e. The van der Waals surface area contributed by atoms with E-state index in [2.05, 4.69) is 10.2 Å². The Bertz CT molecular complexity index is 699. The van der Waals surface area contributed by atoms with Gasteiger partial charge in [0.2, 0.25) is 5.91 Å². The summed E-state index contributed by atoms with van der Waals surface area (Å²) >= 11 is 0. The first kappa shape index (κ1) is 16.3. The number of rotatable bonds is 6. The molecule has 2 aromatic carbocycles. The molecule has 1 aliphatic heterocycles. The Kier molecular flexibility index (Phi) is 5.31. The van der Waals surface area contributed by atoms with E-state index in [0.29, 0.717) is 5.75 Å². The van der Waals surface area contributed by atoms with Gasteiger partial charge in [-0.15, -0.1) is 0 Å². The molecule has 1 N–H and O–H groups in total. The zero-order valence-electron chi connectivity index (χ0n) is 13.5. The normalized spacial score (nSPS) is 13.8. The summed E-state index contributed by atoms with van der Waals surface area (Å²) in [4.78, 5) is 14.4. The van der Waals surface area contributed by atoms with Gasteiger partial charge < -0.3 is 15.0 Å². The van der Waals surface area contributed by atoms with E-state index >= 15 is 0 Å². The molecule has 2 aromatic rings. The molecule has 0 radical (unpaired) electrons. The fourth-order valence-corrected chi connectivity index (χ4v) is 2.84. The van der Waals surface area contributed by atoms with Gasteiger partial charge in [0.05, 0.1) is 24.4 Å². The number of para-hydroxylation sites is 2. The molecule has 0 atom stereocenters. The van der Waals surface area contributed by atoms with E-state index < -0.39 is 0 Å². The molecular formula is C19H21FN2O2. The van der Waals surface area contributed by atoms with Crippen LogP contribution in [-0.2, 0) is 4.79 Å². The van der Waals surface area contributed by atoms with E-state index in [4.69, 9.17) is 4.74 Å². The third kappa shape index (κ3) is 4.25. The molecular weight excluding hydrogens is 307 g/mol. The zero-order valence-corrected chi connectivity index (χ0v) is 13.5. The predicted octanol–water partition coefficient (Wildman–Crippen LogP) is 3.83. The van der Waals surface area contributed by atoms with E-state index in [9.17, 15) is 9.18 Å². The molecule has 0 aromatic heterocycles. The van der Waals surface area contributed by atoms with Crippen LogP contribution >= 0.6 is 0 Å². The maximum absolute atomic E-state index is 13.1. The molecule has 1 heterocycles. The molecule has 0 bridgehead atoms. The van der Waals surface area contributed by atoms with Crippen LogP contribution in [0.15, 0.2) is 48.5 Å². The third-order valence-electron chi connectivity index (χ3n) is 4.02. The van der Waals surface area contributed by atoms with Crippen molar-refractivity contribution in [1.82, 2.24) is 0 Å². The molecule has 1 saturated heterocycles. The van der Waals surface area contributed by atoms with Crippen molar-refractivity contribution in [2.45, 2.75) is 19.3 Å². The summed E-state index contributed by atoms with van der Waals surface area (Å²) in [5, 5.41) is 2.95. The Hall–Kier alpha value is -2.56. The van der Waals surface area contributed by atoms with Crippen LogP contribution in [0.3, 0.4) is 0 Å². The van der Waals surface area contributed by atoms with E-state index in [0.717, 1.165) is 24.5 Å². The number of carbonyl (C=O) groups excluding carboxylic acids is 1. The van der Waals surface area contributed by atoms with Crippen molar-refractivity contribution >= 4 is 17.3 Å². The van der Waals surface area contributed by atoms with Gasteiger partial charge in [-0.25, -0.2) is 4.39 Å². The molecule has 1 fully saturated rings. The van der Waals surface area contributed by atoms with Crippen molar-refractivity contribution in [2.24, 2.45) is 0 Å². The fourth-order valence-electron chi connectivity index (χ4n) is 2.84. The van der Waals surface area contributed by atoms with Gasteiger partial charge in [-0.3, -0.25) is 4.79 Å². The van der Waals surface area contributed by atoms with Crippen LogP contribution in [0.25, 0.3) is 0 Å². The number of nitrogens with one attached hydrogen (secondary N) is 1. The first-order valence-corrected chi connectivity index (χ1v) is 8.24. The molecule has 0 aliphatic carbocycles. The summed E-state index contributed by atoms with van der Waals surface area (Å²) in [5.41, 5.74) is 1.89. The Morgan fingerprint density at radius 3 is 2.71 bits per heavy atom. The predicted molar refractivity (Wildman–Crippen MR) is 93.0 cm³/mol. The molecule has 5 heteroatoms. The Morgan fingerprint density at radius 2 is 1.92 bits per heavy atom. The number of halogens is 1. The number of carbonyl (C=O) groups is 1. The fraction of sp³-hybridized carbons (Fsp3) is 0.316. The summed E-state index contributed by atoms with van der Waals surface area (Å²) < 4.78 is 18.5. The Balaban J connectivity index is 1.53. The van der Waals surface area contributed by atoms with E-state index in [1.54, 1.807) is 12.1 Å². The van der Waals surface area contributed by atoms with Crippen molar-refractivity contribution in [3.8, 4) is 5.75 Å². The van der Waals surface area contributed by atoms with Crippen molar-refractivity contribution in [3.63, 3.8) is 0 Å². The molecule has 4 nitrogen and oxygen atoms in total. The smallest absolute Gasteiger partial charge is 0.227 e. The number of anilines is 2. The van der Waals surface area contributed by atoms with Crippen molar-refractivity contribution in [3.05, 3.63) is 54.3 Å². The molecule has 24 heavy (non-hydrogen) atoms. The lowest BCUT2D eigenvalue weighted by molar-refractivity contribution is -0.116. The number of ether oxygens (including phenoxy) is 1. The van der Waals surface area contributed by atoms with Crippen LogP contribution in [0.1, 0.15) is 19.3 Å². The highest BCUT2D eigenvalue weighted by Gasteiger charge is 2.16. The topological polar surface area (TPSA) is 41.6 Å². The monoisotopic (exact) mass is 328 g/mol. The maximum atomic E-state index is 13.1. The number of hydrogen-bond donors (Lipinski definition) is 1. The lowest BCUT2D eigenvalue weighted by Gasteiger charge is -2.21. The average Bonchev–Trinajstić information content (AvgIpc) is 3.10. The van der Waals surface area contributed by atoms with Gasteiger partial charge in [-0.05, 0) is 37.1 Å². The number of hydrogen-bond acceptors (Lipinski definition) is 3. The second-order valence-electron chi connectivity index (χ2n) is 5.82. The minimum atomic E-state index is -0.350. The van der Waals surface area contributed by atoms with Crippen LogP contribution < -0.4 is 15.0 Å². The first-order valence-electron chi connectivity index (χ1n) is 8.24. The highest BCUT2D eigenvalue weighted by molar-refractivity contribution is 5.94. The molecule has 3 rings (SSSR count). The second-order valence-corrected chi connectivity index (χ2v) is 5.82. The first-order chi connectivity index (χ1) is 11.7. The van der Waals surface area contributed by atoms with Gasteiger partial charge in [0.25, 0.3) is 0 Å². The van der Waals surface area contributed by atoms with E-state index in [1.807, 2.05) is 24.3 Å². The summed E-state index contributed by atoms with van der Waals surface area (Å²) in [6, 6.07) is 13.8.